The number of nitrogens with two attached hydrogens (primary N) is 1. The third kappa shape index (κ3) is 7.28. The summed E-state index contributed by atoms with van der Waals surface area (Å²) in [4.78, 5) is 29.3. The van der Waals surface area contributed by atoms with E-state index in [1.165, 1.54) is 6.21 Å². The minimum Gasteiger partial charge on any atom is -0.493 e. The average Bonchev–Trinajstić information content (AvgIpc) is 3.55. The van der Waals surface area contributed by atoms with Crippen LogP contribution < -0.4 is 25.8 Å². The Morgan fingerprint density at radius 3 is 2.47 bits per heavy atom. The summed E-state index contributed by atoms with van der Waals surface area (Å²) in [7, 11) is 1.54. The van der Waals surface area contributed by atoms with Gasteiger partial charge in [0.1, 0.15) is 12.1 Å². The van der Waals surface area contributed by atoms with Crippen LogP contribution in [0.2, 0.25) is 0 Å². The minimum atomic E-state index is -0.769. The average molecular weight is 582 g/mol. The molecule has 222 valence electrons. The van der Waals surface area contributed by atoms with Gasteiger partial charge in [0.2, 0.25) is 0 Å². The SMILES string of the molecule is COc1cc2c(Nc3ccc(NC(=O)c4ccccc4)cc3)c(C=N)cnc2cc1OCC[C@H](N)C(=O)OC1CCCC1. The van der Waals surface area contributed by atoms with Crippen LogP contribution in [-0.2, 0) is 9.53 Å². The second kappa shape index (κ2) is 13.8. The summed E-state index contributed by atoms with van der Waals surface area (Å²) in [6, 6.07) is 19.1. The molecule has 0 unspecified atom stereocenters. The van der Waals surface area contributed by atoms with E-state index < -0.39 is 12.0 Å². The van der Waals surface area contributed by atoms with Crippen LogP contribution in [0.3, 0.4) is 0 Å². The Bertz CT molecular complexity index is 1590. The van der Waals surface area contributed by atoms with E-state index in [1.807, 2.05) is 30.3 Å². The summed E-state index contributed by atoms with van der Waals surface area (Å²) in [6.45, 7) is 0.194. The number of anilines is 3. The number of ether oxygens (including phenoxy) is 3. The van der Waals surface area contributed by atoms with Gasteiger partial charge in [-0.1, -0.05) is 18.2 Å². The number of nitrogens with zero attached hydrogens (tertiary/aromatic N) is 1. The van der Waals surface area contributed by atoms with Gasteiger partial charge in [-0.15, -0.1) is 0 Å². The summed E-state index contributed by atoms with van der Waals surface area (Å²) < 4.78 is 17.1. The topological polar surface area (TPSA) is 149 Å². The molecule has 1 aliphatic rings. The highest BCUT2D eigenvalue weighted by Crippen LogP contribution is 2.37. The summed E-state index contributed by atoms with van der Waals surface area (Å²) >= 11 is 0. The van der Waals surface area contributed by atoms with Crippen molar-refractivity contribution in [2.45, 2.75) is 44.2 Å². The van der Waals surface area contributed by atoms with Crippen molar-refractivity contribution in [3.8, 4) is 11.5 Å². The number of esters is 1. The zero-order chi connectivity index (χ0) is 30.2. The first kappa shape index (κ1) is 29.5. The number of fused-ring (bicyclic) bond motifs is 1. The molecule has 4 aromatic rings. The fourth-order valence-corrected chi connectivity index (χ4v) is 4.98. The van der Waals surface area contributed by atoms with Crippen LogP contribution in [0.5, 0.6) is 11.5 Å². The molecule has 0 spiro atoms. The first-order valence-electron chi connectivity index (χ1n) is 14.3. The van der Waals surface area contributed by atoms with E-state index in [-0.39, 0.29) is 18.6 Å². The summed E-state index contributed by atoms with van der Waals surface area (Å²) in [5, 5.41) is 14.9. The van der Waals surface area contributed by atoms with Crippen molar-refractivity contribution in [1.29, 1.82) is 5.41 Å². The van der Waals surface area contributed by atoms with Gasteiger partial charge < -0.3 is 36.0 Å². The summed E-state index contributed by atoms with van der Waals surface area (Å²) in [5.41, 5.74) is 9.92. The van der Waals surface area contributed by atoms with E-state index in [0.717, 1.165) is 36.8 Å². The standard InChI is InChI=1S/C33H35N5O5/c1-41-29-17-26-28(18-30(29)42-16-15-27(35)33(40)43-25-9-5-6-10-25)36-20-22(19-34)31(26)37-23-11-13-24(14-12-23)38-32(39)21-7-3-2-4-8-21/h2-4,7-8,11-14,17-20,25,27,34H,5-6,9-10,15-16,35H2,1H3,(H,36,37)(H,38,39)/t27-/m0/s1. The number of hydrogen-bond donors (Lipinski definition) is 4. The van der Waals surface area contributed by atoms with Gasteiger partial charge in [0.25, 0.3) is 5.91 Å². The Hall–Kier alpha value is -4.96. The lowest BCUT2D eigenvalue weighted by Crippen LogP contribution is -2.35. The molecule has 0 bridgehead atoms. The highest BCUT2D eigenvalue weighted by molar-refractivity contribution is 6.05. The predicted molar refractivity (Wildman–Crippen MR) is 167 cm³/mol. The molecule has 1 amide bonds. The van der Waals surface area contributed by atoms with Crippen LogP contribution in [0.15, 0.2) is 72.9 Å². The molecular weight excluding hydrogens is 546 g/mol. The van der Waals surface area contributed by atoms with Gasteiger partial charge in [-0.05, 0) is 68.1 Å². The van der Waals surface area contributed by atoms with Crippen LogP contribution in [0.4, 0.5) is 17.1 Å². The molecule has 10 heteroatoms. The smallest absolute Gasteiger partial charge is 0.323 e. The van der Waals surface area contributed by atoms with Crippen LogP contribution in [0, 0.1) is 5.41 Å². The van der Waals surface area contributed by atoms with Crippen molar-refractivity contribution in [1.82, 2.24) is 4.98 Å². The largest absolute Gasteiger partial charge is 0.493 e. The number of benzene rings is 3. The van der Waals surface area contributed by atoms with Crippen molar-refractivity contribution in [2.24, 2.45) is 5.73 Å². The number of carbonyl (C=O) groups is 2. The second-order valence-corrected chi connectivity index (χ2v) is 10.4. The fraction of sp³-hybridized carbons (Fsp3) is 0.273. The molecular formula is C33H35N5O5. The molecule has 10 nitrogen and oxygen atoms in total. The maximum Gasteiger partial charge on any atom is 0.323 e. The van der Waals surface area contributed by atoms with E-state index in [2.05, 4.69) is 15.6 Å². The van der Waals surface area contributed by atoms with E-state index in [4.69, 9.17) is 25.4 Å². The quantitative estimate of drug-likeness (QED) is 0.121. The zero-order valence-electron chi connectivity index (χ0n) is 24.0. The lowest BCUT2D eigenvalue weighted by molar-refractivity contribution is -0.150. The molecule has 1 aromatic heterocycles. The normalized spacial score (nSPS) is 13.7. The zero-order valence-corrected chi connectivity index (χ0v) is 24.0. The molecule has 1 aliphatic carbocycles. The van der Waals surface area contributed by atoms with Gasteiger partial charge >= 0.3 is 5.97 Å². The highest BCUT2D eigenvalue weighted by Gasteiger charge is 2.23. The Morgan fingerprint density at radius 2 is 1.77 bits per heavy atom. The molecule has 1 heterocycles. The molecule has 0 radical (unpaired) electrons. The lowest BCUT2D eigenvalue weighted by Gasteiger charge is -2.18. The molecule has 0 saturated heterocycles. The van der Waals surface area contributed by atoms with Gasteiger partial charge in [-0.25, -0.2) is 0 Å². The monoisotopic (exact) mass is 581 g/mol. The van der Waals surface area contributed by atoms with Gasteiger partial charge in [0.15, 0.2) is 11.5 Å². The molecule has 5 rings (SSSR count). The summed E-state index contributed by atoms with van der Waals surface area (Å²) in [6.07, 6.45) is 7.04. The first-order chi connectivity index (χ1) is 20.9. The van der Waals surface area contributed by atoms with Crippen molar-refractivity contribution in [3.05, 3.63) is 84.1 Å². The Balaban J connectivity index is 1.28. The van der Waals surface area contributed by atoms with E-state index in [0.29, 0.717) is 45.9 Å². The second-order valence-electron chi connectivity index (χ2n) is 10.4. The first-order valence-corrected chi connectivity index (χ1v) is 14.3. The Kier molecular flexibility index (Phi) is 9.48. The third-order valence-corrected chi connectivity index (χ3v) is 7.36. The number of nitrogens with one attached hydrogen (secondary N) is 3. The van der Waals surface area contributed by atoms with E-state index in [1.54, 1.807) is 49.7 Å². The molecule has 1 fully saturated rings. The van der Waals surface area contributed by atoms with Gasteiger partial charge in [-0.2, -0.15) is 0 Å². The molecule has 1 atom stereocenters. The Labute approximate surface area is 250 Å². The van der Waals surface area contributed by atoms with Crippen molar-refractivity contribution in [3.63, 3.8) is 0 Å². The molecule has 3 aromatic carbocycles. The lowest BCUT2D eigenvalue weighted by atomic mass is 10.1. The molecule has 0 aliphatic heterocycles. The van der Waals surface area contributed by atoms with E-state index in [9.17, 15) is 9.59 Å². The predicted octanol–water partition coefficient (Wildman–Crippen LogP) is 5.82. The van der Waals surface area contributed by atoms with Gasteiger partial charge in [0.05, 0.1) is 24.9 Å². The number of carbonyl (C=O) groups excluding carboxylic acids is 2. The number of aromatic nitrogens is 1. The number of amides is 1. The number of hydrogen-bond acceptors (Lipinski definition) is 9. The number of methoxy groups -OCH3 is 1. The molecule has 5 N–H and O–H groups in total. The van der Waals surface area contributed by atoms with Gasteiger partial charge in [0, 0.05) is 52.8 Å². The van der Waals surface area contributed by atoms with Crippen molar-refractivity contribution < 1.29 is 23.8 Å². The van der Waals surface area contributed by atoms with Crippen LogP contribution in [0.25, 0.3) is 10.9 Å². The third-order valence-electron chi connectivity index (χ3n) is 7.36. The minimum absolute atomic E-state index is 0.0294. The maximum atomic E-state index is 12.5. The van der Waals surface area contributed by atoms with Gasteiger partial charge in [-0.3, -0.25) is 14.6 Å². The number of rotatable bonds is 12. The summed E-state index contributed by atoms with van der Waals surface area (Å²) in [5.74, 6) is 0.347. The van der Waals surface area contributed by atoms with Crippen molar-refractivity contribution in [2.75, 3.05) is 24.4 Å². The van der Waals surface area contributed by atoms with Crippen LogP contribution >= 0.6 is 0 Å². The fourth-order valence-electron chi connectivity index (χ4n) is 4.98. The highest BCUT2D eigenvalue weighted by atomic mass is 16.5. The van der Waals surface area contributed by atoms with Crippen LogP contribution in [-0.4, -0.2) is 48.9 Å². The maximum absolute atomic E-state index is 12.5. The molecule has 43 heavy (non-hydrogen) atoms. The van der Waals surface area contributed by atoms with E-state index >= 15 is 0 Å². The molecule has 1 saturated carbocycles. The Morgan fingerprint density at radius 1 is 1.05 bits per heavy atom. The number of pyridine rings is 1. The van der Waals surface area contributed by atoms with Crippen molar-refractivity contribution >= 4 is 46.1 Å². The van der Waals surface area contributed by atoms with Crippen LogP contribution in [0.1, 0.15) is 48.0 Å².